The minimum absolute atomic E-state index is 0.0144. The minimum Gasteiger partial charge on any atom is -0.268 e. The van der Waals surface area contributed by atoms with Crippen LogP contribution >= 0.6 is 23.4 Å². The Bertz CT molecular complexity index is 1620. The highest BCUT2D eigenvalue weighted by atomic mass is 35.5. The number of thioether (sulfide) groups is 1. The fourth-order valence-electron chi connectivity index (χ4n) is 4.73. The van der Waals surface area contributed by atoms with Gasteiger partial charge in [-0.05, 0) is 66.1 Å². The molecule has 2 aliphatic rings. The van der Waals surface area contributed by atoms with E-state index in [0.29, 0.717) is 16.5 Å². The van der Waals surface area contributed by atoms with Crippen LogP contribution in [0.1, 0.15) is 29.5 Å². The average molecular weight is 600 g/mol. The van der Waals surface area contributed by atoms with Crippen molar-refractivity contribution in [3.8, 4) is 0 Å². The van der Waals surface area contributed by atoms with Crippen LogP contribution in [0.4, 0.5) is 18.0 Å². The van der Waals surface area contributed by atoms with Gasteiger partial charge < -0.3 is 0 Å². The molecule has 5 rings (SSSR count). The first-order valence-corrected chi connectivity index (χ1v) is 14.4. The number of hydrogen-bond donors (Lipinski definition) is 1. The van der Waals surface area contributed by atoms with Crippen molar-refractivity contribution in [1.29, 1.82) is 0 Å². The molecule has 0 atom stereocenters. The third-order valence-corrected chi connectivity index (χ3v) is 8.84. The topological polar surface area (TPSA) is 119 Å². The molecule has 2 N–H and O–H groups in total. The third kappa shape index (κ3) is 5.70. The van der Waals surface area contributed by atoms with Gasteiger partial charge in [0.05, 0.1) is 28.7 Å². The second-order valence-corrected chi connectivity index (χ2v) is 12.1. The number of amides is 2. The molecule has 0 spiro atoms. The van der Waals surface area contributed by atoms with Crippen molar-refractivity contribution in [3.63, 3.8) is 0 Å². The van der Waals surface area contributed by atoms with Crippen molar-refractivity contribution < 1.29 is 31.2 Å². The summed E-state index contributed by atoms with van der Waals surface area (Å²) in [5.74, 6) is -0.461. The van der Waals surface area contributed by atoms with Crippen molar-refractivity contribution in [1.82, 2.24) is 19.0 Å². The number of benzene rings is 2. The zero-order chi connectivity index (χ0) is 28.1. The molecule has 2 amide bonds. The predicted molar refractivity (Wildman–Crippen MR) is 141 cm³/mol. The van der Waals surface area contributed by atoms with Crippen molar-refractivity contribution in [2.75, 3.05) is 13.1 Å². The van der Waals surface area contributed by atoms with Crippen LogP contribution in [0.3, 0.4) is 0 Å². The summed E-state index contributed by atoms with van der Waals surface area (Å²) >= 11 is 6.57. The zero-order valence-electron chi connectivity index (χ0n) is 20.1. The van der Waals surface area contributed by atoms with Crippen LogP contribution in [0.5, 0.6) is 0 Å². The summed E-state index contributed by atoms with van der Waals surface area (Å²) in [5, 5.41) is 9.59. The molecule has 2 fully saturated rings. The van der Waals surface area contributed by atoms with Crippen LogP contribution in [0.25, 0.3) is 17.0 Å². The van der Waals surface area contributed by atoms with Gasteiger partial charge in [-0.2, -0.15) is 31.0 Å². The van der Waals surface area contributed by atoms with Crippen molar-refractivity contribution in [2.24, 2.45) is 5.14 Å². The van der Waals surface area contributed by atoms with Gasteiger partial charge in [0, 0.05) is 29.5 Å². The van der Waals surface area contributed by atoms with Crippen LogP contribution in [-0.4, -0.2) is 57.7 Å². The zero-order valence-corrected chi connectivity index (χ0v) is 22.4. The fourth-order valence-corrected chi connectivity index (χ4v) is 6.52. The average Bonchev–Trinajstić information content (AvgIpc) is 3.38. The summed E-state index contributed by atoms with van der Waals surface area (Å²) in [6, 6.07) is 8.27. The Morgan fingerprint density at radius 2 is 1.85 bits per heavy atom. The molecule has 0 radical (unpaired) electrons. The maximum Gasteiger partial charge on any atom is 0.416 e. The molecule has 0 bridgehead atoms. The first kappa shape index (κ1) is 27.6. The van der Waals surface area contributed by atoms with E-state index < -0.39 is 39.1 Å². The number of rotatable bonds is 5. The Labute approximate surface area is 230 Å². The minimum atomic E-state index is -4.57. The molecular weight excluding hydrogens is 579 g/mol. The first-order chi connectivity index (χ1) is 18.3. The molecule has 0 saturated carbocycles. The third-order valence-electron chi connectivity index (χ3n) is 6.63. The highest BCUT2D eigenvalue weighted by Crippen LogP contribution is 2.37. The summed E-state index contributed by atoms with van der Waals surface area (Å²) in [4.78, 5) is 27.1. The van der Waals surface area contributed by atoms with E-state index in [1.165, 1.54) is 23.0 Å². The number of carbonyl (C=O) groups excluding carboxylic acids is 2. The monoisotopic (exact) mass is 599 g/mol. The van der Waals surface area contributed by atoms with E-state index in [1.807, 2.05) is 0 Å². The van der Waals surface area contributed by atoms with Gasteiger partial charge in [-0.15, -0.1) is 0 Å². The van der Waals surface area contributed by atoms with Gasteiger partial charge in [0.2, 0.25) is 0 Å². The van der Waals surface area contributed by atoms with Gasteiger partial charge in [-0.3, -0.25) is 19.2 Å². The molecule has 0 unspecified atom stereocenters. The first-order valence-electron chi connectivity index (χ1n) is 11.7. The Morgan fingerprint density at radius 1 is 1.13 bits per heavy atom. The van der Waals surface area contributed by atoms with Crippen LogP contribution < -0.4 is 5.14 Å². The maximum absolute atomic E-state index is 13.5. The number of carbonyl (C=O) groups is 2. The van der Waals surface area contributed by atoms with Crippen LogP contribution in [0.2, 0.25) is 5.02 Å². The molecule has 0 aliphatic carbocycles. The van der Waals surface area contributed by atoms with Gasteiger partial charge in [0.1, 0.15) is 0 Å². The van der Waals surface area contributed by atoms with Gasteiger partial charge >= 0.3 is 6.18 Å². The number of nitrogens with zero attached hydrogens (tertiary/aromatic N) is 4. The van der Waals surface area contributed by atoms with Gasteiger partial charge in [-0.1, -0.05) is 23.7 Å². The van der Waals surface area contributed by atoms with Crippen molar-refractivity contribution in [2.45, 2.75) is 31.6 Å². The van der Waals surface area contributed by atoms with Gasteiger partial charge in [0.25, 0.3) is 21.4 Å². The van der Waals surface area contributed by atoms with E-state index in [9.17, 15) is 31.2 Å². The summed E-state index contributed by atoms with van der Waals surface area (Å²) in [6.45, 7) is 0.106. The van der Waals surface area contributed by atoms with Crippen molar-refractivity contribution in [3.05, 3.63) is 69.2 Å². The smallest absolute Gasteiger partial charge is 0.268 e. The summed E-state index contributed by atoms with van der Waals surface area (Å²) in [7, 11) is -3.83. The summed E-state index contributed by atoms with van der Waals surface area (Å²) in [5.41, 5.74) is 0.384. The highest BCUT2D eigenvalue weighted by molar-refractivity contribution is 8.18. The van der Waals surface area contributed by atoms with Gasteiger partial charge in [-0.25, -0.2) is 5.14 Å². The lowest BCUT2D eigenvalue weighted by Gasteiger charge is -2.33. The fraction of sp³-hybridized carbons (Fsp3) is 0.292. The van der Waals surface area contributed by atoms with E-state index >= 15 is 0 Å². The molecule has 1 aromatic heterocycles. The van der Waals surface area contributed by atoms with E-state index in [0.717, 1.165) is 27.0 Å². The van der Waals surface area contributed by atoms with Gasteiger partial charge in [0.15, 0.2) is 0 Å². The number of alkyl halides is 3. The van der Waals surface area contributed by atoms with Crippen LogP contribution in [0, 0.1) is 0 Å². The number of aromatic nitrogens is 2. The lowest BCUT2D eigenvalue weighted by atomic mass is 10.1. The Balaban J connectivity index is 1.34. The molecule has 15 heteroatoms. The van der Waals surface area contributed by atoms with Crippen molar-refractivity contribution >= 4 is 61.7 Å². The normalized spacial score (nSPS) is 19.1. The standard InChI is InChI=1S/C24H21ClF3N5O4S2/c25-17-3-2-15(19(11-17)24(26,27)28)13-32-20-4-1-14(9-16(20)12-30-32)10-21-22(34)33(23(35)38-21)18-5-7-31(8-6-18)39(29,36)37/h1-4,9-12,18H,5-8,13H2,(H2,29,36,37)/b21-10-. The van der Waals surface area contributed by atoms with E-state index in [4.69, 9.17) is 16.7 Å². The van der Waals surface area contributed by atoms with E-state index in [2.05, 4.69) is 5.10 Å². The largest absolute Gasteiger partial charge is 0.416 e. The van der Waals surface area contributed by atoms with E-state index in [-0.39, 0.29) is 48.0 Å². The Morgan fingerprint density at radius 3 is 2.51 bits per heavy atom. The molecule has 9 nitrogen and oxygen atoms in total. The molecule has 3 aromatic rings. The van der Waals surface area contributed by atoms with Crippen LogP contribution in [0.15, 0.2) is 47.5 Å². The number of fused-ring (bicyclic) bond motifs is 1. The molecule has 2 aliphatic heterocycles. The second-order valence-electron chi connectivity index (χ2n) is 9.15. The maximum atomic E-state index is 13.5. The predicted octanol–water partition coefficient (Wildman–Crippen LogP) is 4.46. The number of imide groups is 1. The number of nitrogens with two attached hydrogens (primary N) is 1. The number of halogens is 4. The lowest BCUT2D eigenvalue weighted by Crippen LogP contribution is -2.49. The van der Waals surface area contributed by atoms with Crippen LogP contribution in [-0.2, 0) is 27.7 Å². The molecular formula is C24H21ClF3N5O4S2. The lowest BCUT2D eigenvalue weighted by molar-refractivity contribution is -0.138. The van der Waals surface area contributed by atoms with E-state index in [1.54, 1.807) is 24.3 Å². The second kappa shape index (κ2) is 10.2. The summed E-state index contributed by atoms with van der Waals surface area (Å²) < 4.78 is 66.1. The molecule has 3 heterocycles. The number of hydrogen-bond acceptors (Lipinski definition) is 6. The quantitative estimate of drug-likeness (QED) is 0.433. The molecule has 2 saturated heterocycles. The Kier molecular flexibility index (Phi) is 7.26. The summed E-state index contributed by atoms with van der Waals surface area (Å²) in [6.07, 6.45) is -0.908. The molecule has 2 aromatic carbocycles. The highest BCUT2D eigenvalue weighted by Gasteiger charge is 2.41. The number of piperidine rings is 1. The molecule has 206 valence electrons. The molecule has 39 heavy (non-hydrogen) atoms. The Hall–Kier alpha value is -2.91. The SMILES string of the molecule is NS(=O)(=O)N1CCC(N2C(=O)S/C(=C\c3ccc4c(cnn4Cc4ccc(Cl)cc4C(F)(F)F)c3)C2=O)CC1.